The van der Waals surface area contributed by atoms with Gasteiger partial charge in [0.25, 0.3) is 0 Å². The van der Waals surface area contributed by atoms with Crippen molar-refractivity contribution in [2.45, 2.75) is 44.6 Å². The average Bonchev–Trinajstić information content (AvgIpc) is 2.32. The zero-order valence-electron chi connectivity index (χ0n) is 8.77. The van der Waals surface area contributed by atoms with Crippen molar-refractivity contribution in [2.24, 2.45) is 0 Å². The highest BCUT2D eigenvalue weighted by Gasteiger charge is 2.76. The molecule has 0 aromatic heterocycles. The van der Waals surface area contributed by atoms with Crippen LogP contribution in [0.25, 0.3) is 0 Å². The number of alkyl halides is 4. The lowest BCUT2D eigenvalue weighted by Crippen LogP contribution is -2.43. The van der Waals surface area contributed by atoms with Crippen molar-refractivity contribution in [3.05, 3.63) is 0 Å². The predicted molar refractivity (Wildman–Crippen MR) is 46.1 cm³/mol. The van der Waals surface area contributed by atoms with Crippen LogP contribution in [-0.2, 0) is 9.59 Å². The van der Waals surface area contributed by atoms with Gasteiger partial charge in [0.1, 0.15) is 0 Å². The highest BCUT2D eigenvalue weighted by molar-refractivity contribution is 6.11. The Bertz CT molecular complexity index is 299. The van der Waals surface area contributed by atoms with Crippen molar-refractivity contribution in [2.75, 3.05) is 0 Å². The van der Waals surface area contributed by atoms with Gasteiger partial charge in [0, 0.05) is 6.04 Å². The largest absolute Gasteiger partial charge is 0.396 e. The fraction of sp³-hybridized carbons (Fsp3) is 0.778. The van der Waals surface area contributed by atoms with Crippen molar-refractivity contribution < 1.29 is 27.2 Å². The number of nitrogens with zero attached hydrogens (tertiary/aromatic N) is 1. The minimum atomic E-state index is -4.92. The fourth-order valence-electron chi connectivity index (χ4n) is 1.65. The molecule has 0 spiro atoms. The third kappa shape index (κ3) is 1.41. The van der Waals surface area contributed by atoms with E-state index < -0.39 is 29.7 Å². The summed E-state index contributed by atoms with van der Waals surface area (Å²) in [4.78, 5) is 22.2. The van der Waals surface area contributed by atoms with Gasteiger partial charge in [-0.1, -0.05) is 13.8 Å². The van der Waals surface area contributed by atoms with Crippen LogP contribution in [0.4, 0.5) is 17.6 Å². The summed E-state index contributed by atoms with van der Waals surface area (Å²) in [5.41, 5.74) is 0. The third-order valence-corrected chi connectivity index (χ3v) is 2.68. The summed E-state index contributed by atoms with van der Waals surface area (Å²) < 4.78 is 51.5. The van der Waals surface area contributed by atoms with Gasteiger partial charge >= 0.3 is 23.7 Å². The fourth-order valence-corrected chi connectivity index (χ4v) is 1.65. The summed E-state index contributed by atoms with van der Waals surface area (Å²) >= 11 is 0. The van der Waals surface area contributed by atoms with Gasteiger partial charge in [-0.05, 0) is 12.8 Å². The molecule has 1 rings (SSSR count). The molecule has 0 atom stereocenters. The number of amides is 2. The Balaban J connectivity index is 3.17. The predicted octanol–water partition coefficient (Wildman–Crippen LogP) is 1.81. The summed E-state index contributed by atoms with van der Waals surface area (Å²) in [5, 5.41) is 0. The second-order valence-corrected chi connectivity index (χ2v) is 3.60. The van der Waals surface area contributed by atoms with Crippen LogP contribution in [0, 0.1) is 0 Å². The Hall–Kier alpha value is -1.14. The van der Waals surface area contributed by atoms with Gasteiger partial charge in [0.15, 0.2) is 0 Å². The maximum Gasteiger partial charge on any atom is 0.396 e. The minimum absolute atomic E-state index is 0. The molecule has 0 bridgehead atoms. The summed E-state index contributed by atoms with van der Waals surface area (Å²) in [6.07, 6.45) is 0.334. The van der Waals surface area contributed by atoms with E-state index in [1.165, 1.54) is 13.8 Å². The SMILES string of the molecule is CCC(CC)N1C(=O)C(F)(F)C(F)(F)C1=O. The first-order valence-electron chi connectivity index (χ1n) is 4.85. The highest BCUT2D eigenvalue weighted by atomic mass is 19.3. The van der Waals surface area contributed by atoms with Crippen molar-refractivity contribution in [3.8, 4) is 0 Å². The summed E-state index contributed by atoms with van der Waals surface area (Å²) in [5.74, 6) is -14.0. The van der Waals surface area contributed by atoms with Crippen LogP contribution in [0.3, 0.4) is 0 Å². The molecule has 1 saturated heterocycles. The van der Waals surface area contributed by atoms with Gasteiger partial charge in [0.2, 0.25) is 0 Å². The molecular weight excluding hydrogens is 230 g/mol. The van der Waals surface area contributed by atoms with Crippen molar-refractivity contribution in [1.82, 2.24) is 4.90 Å². The zero-order valence-corrected chi connectivity index (χ0v) is 8.77. The first-order valence-corrected chi connectivity index (χ1v) is 4.85. The molecule has 0 aliphatic carbocycles. The molecule has 0 unspecified atom stereocenters. The monoisotopic (exact) mass is 241 g/mol. The molecule has 16 heavy (non-hydrogen) atoms. The van der Waals surface area contributed by atoms with Crippen molar-refractivity contribution in [3.63, 3.8) is 0 Å². The highest BCUT2D eigenvalue weighted by Crippen LogP contribution is 2.44. The van der Waals surface area contributed by atoms with Gasteiger partial charge in [-0.3, -0.25) is 14.5 Å². The summed E-state index contributed by atoms with van der Waals surface area (Å²) in [6.45, 7) is 3.06. The molecular formula is C9H11F4NO2. The van der Waals surface area contributed by atoms with E-state index in [0.717, 1.165) is 0 Å². The molecule has 7 heteroatoms. The smallest absolute Gasteiger partial charge is 0.269 e. The van der Waals surface area contributed by atoms with E-state index in [4.69, 9.17) is 0 Å². The number of carbonyl (C=O) groups excluding carboxylic acids is 2. The Labute approximate surface area is 89.4 Å². The van der Waals surface area contributed by atoms with E-state index >= 15 is 0 Å². The van der Waals surface area contributed by atoms with Crippen LogP contribution in [-0.4, -0.2) is 34.6 Å². The van der Waals surface area contributed by atoms with Crippen molar-refractivity contribution in [1.29, 1.82) is 0 Å². The zero-order chi connectivity index (χ0) is 12.7. The molecule has 0 aromatic rings. The molecule has 2 amide bonds. The number of halogens is 4. The number of hydrogen-bond donors (Lipinski definition) is 0. The Morgan fingerprint density at radius 3 is 1.56 bits per heavy atom. The second-order valence-electron chi connectivity index (χ2n) is 3.60. The normalized spacial score (nSPS) is 23.3. The standard InChI is InChI=1S/C9H11F4NO2/c1-3-5(4-2)14-6(15)8(10,11)9(12,13)7(14)16/h5H,3-4H2,1-2H3. The number of carbonyl (C=O) groups is 2. The summed E-state index contributed by atoms with van der Waals surface area (Å²) in [6, 6.07) is -0.903. The van der Waals surface area contributed by atoms with Gasteiger partial charge in [-0.15, -0.1) is 0 Å². The van der Waals surface area contributed by atoms with E-state index in [9.17, 15) is 27.2 Å². The lowest BCUT2D eigenvalue weighted by molar-refractivity contribution is -0.192. The van der Waals surface area contributed by atoms with Gasteiger partial charge < -0.3 is 0 Å². The maximum atomic E-state index is 12.9. The minimum Gasteiger partial charge on any atom is -0.269 e. The molecule has 0 aromatic carbocycles. The van der Waals surface area contributed by atoms with E-state index in [2.05, 4.69) is 0 Å². The van der Waals surface area contributed by atoms with Gasteiger partial charge in [-0.2, -0.15) is 17.6 Å². The average molecular weight is 241 g/mol. The molecule has 0 radical (unpaired) electrons. The van der Waals surface area contributed by atoms with Crippen LogP contribution < -0.4 is 0 Å². The summed E-state index contributed by atoms with van der Waals surface area (Å²) in [7, 11) is 0. The quantitative estimate of drug-likeness (QED) is 0.558. The van der Waals surface area contributed by atoms with E-state index in [-0.39, 0.29) is 17.7 Å². The van der Waals surface area contributed by atoms with Crippen LogP contribution in [0.1, 0.15) is 26.7 Å². The molecule has 3 nitrogen and oxygen atoms in total. The van der Waals surface area contributed by atoms with Crippen LogP contribution in [0.5, 0.6) is 0 Å². The number of hydrogen-bond acceptors (Lipinski definition) is 2. The molecule has 1 aliphatic heterocycles. The van der Waals surface area contributed by atoms with Crippen LogP contribution in [0.2, 0.25) is 0 Å². The van der Waals surface area contributed by atoms with Crippen molar-refractivity contribution >= 4 is 11.8 Å². The molecule has 1 aliphatic rings. The van der Waals surface area contributed by atoms with E-state index in [0.29, 0.717) is 0 Å². The Kier molecular flexibility index (Phi) is 3.00. The van der Waals surface area contributed by atoms with Crippen LogP contribution in [0.15, 0.2) is 0 Å². The third-order valence-electron chi connectivity index (χ3n) is 2.68. The van der Waals surface area contributed by atoms with E-state index in [1.807, 2.05) is 0 Å². The topological polar surface area (TPSA) is 37.4 Å². The lowest BCUT2D eigenvalue weighted by atomic mass is 10.1. The lowest BCUT2D eigenvalue weighted by Gasteiger charge is -2.22. The van der Waals surface area contributed by atoms with Gasteiger partial charge in [0.05, 0.1) is 0 Å². The number of rotatable bonds is 3. The van der Waals surface area contributed by atoms with Crippen LogP contribution >= 0.6 is 0 Å². The first kappa shape index (κ1) is 12.9. The number of imide groups is 1. The first-order chi connectivity index (χ1) is 7.21. The molecule has 1 heterocycles. The molecule has 1 fully saturated rings. The molecule has 0 N–H and O–H groups in total. The Morgan fingerprint density at radius 1 is 1.00 bits per heavy atom. The molecule has 0 saturated carbocycles. The van der Waals surface area contributed by atoms with E-state index in [1.54, 1.807) is 0 Å². The molecule has 92 valence electrons. The number of likely N-dealkylation sites (tertiary alicyclic amines) is 1. The van der Waals surface area contributed by atoms with Gasteiger partial charge in [-0.25, -0.2) is 0 Å². The Morgan fingerprint density at radius 2 is 1.31 bits per heavy atom. The second kappa shape index (κ2) is 3.71. The maximum absolute atomic E-state index is 12.9.